The van der Waals surface area contributed by atoms with E-state index in [0.717, 1.165) is 31.0 Å². The molecule has 0 bridgehead atoms. The highest BCUT2D eigenvalue weighted by atomic mass is 32.2. The second kappa shape index (κ2) is 8.10. The molecule has 1 N–H and O–H groups in total. The minimum Gasteiger partial charge on any atom is -0.385 e. The average Bonchev–Trinajstić information content (AvgIpc) is 2.23. The summed E-state index contributed by atoms with van der Waals surface area (Å²) in [6, 6.07) is 2.28. The Morgan fingerprint density at radius 2 is 2.21 bits per heavy atom. The van der Waals surface area contributed by atoms with Crippen molar-refractivity contribution in [1.29, 1.82) is 5.26 Å². The van der Waals surface area contributed by atoms with Gasteiger partial charge in [-0.15, -0.1) is 0 Å². The van der Waals surface area contributed by atoms with Gasteiger partial charge in [0.2, 0.25) is 0 Å². The minimum absolute atomic E-state index is 0.367. The van der Waals surface area contributed by atoms with Gasteiger partial charge in [-0.2, -0.15) is 17.0 Å². The summed E-state index contributed by atoms with van der Waals surface area (Å²) in [5.41, 5.74) is -0.367. The molecule has 0 saturated heterocycles. The van der Waals surface area contributed by atoms with Gasteiger partial charge < -0.3 is 10.1 Å². The summed E-state index contributed by atoms with van der Waals surface area (Å²) >= 11 is 1.88. The van der Waals surface area contributed by atoms with Gasteiger partial charge in [-0.3, -0.25) is 0 Å². The molecule has 0 amide bonds. The van der Waals surface area contributed by atoms with Crippen LogP contribution in [0.25, 0.3) is 0 Å². The molecule has 0 radical (unpaired) electrons. The Hall–Kier alpha value is -0.240. The second-order valence-corrected chi connectivity index (χ2v) is 4.63. The third-order valence-corrected chi connectivity index (χ3v) is 3.25. The fraction of sp³-hybridized carbons (Fsp3) is 0.900. The van der Waals surface area contributed by atoms with Gasteiger partial charge in [-0.1, -0.05) is 0 Å². The van der Waals surface area contributed by atoms with Gasteiger partial charge in [-0.25, -0.2) is 0 Å². The van der Waals surface area contributed by atoms with Gasteiger partial charge in [0.1, 0.15) is 5.54 Å². The van der Waals surface area contributed by atoms with E-state index in [1.807, 2.05) is 25.7 Å². The molecule has 0 aromatic rings. The number of hydrogen-bond donors (Lipinski definition) is 1. The molecule has 14 heavy (non-hydrogen) atoms. The number of thioether (sulfide) groups is 1. The first-order valence-corrected chi connectivity index (χ1v) is 6.01. The van der Waals surface area contributed by atoms with Crippen LogP contribution in [0.3, 0.4) is 0 Å². The van der Waals surface area contributed by atoms with Crippen molar-refractivity contribution in [2.24, 2.45) is 0 Å². The maximum Gasteiger partial charge on any atom is 0.104 e. The number of hydrogen-bond acceptors (Lipinski definition) is 4. The molecule has 0 heterocycles. The van der Waals surface area contributed by atoms with Gasteiger partial charge >= 0.3 is 0 Å². The molecule has 1 unspecified atom stereocenters. The van der Waals surface area contributed by atoms with E-state index in [-0.39, 0.29) is 5.54 Å². The molecule has 0 spiro atoms. The van der Waals surface area contributed by atoms with Crippen LogP contribution in [0.1, 0.15) is 19.8 Å². The van der Waals surface area contributed by atoms with Crippen LogP contribution in [0.2, 0.25) is 0 Å². The van der Waals surface area contributed by atoms with Crippen molar-refractivity contribution < 1.29 is 4.74 Å². The zero-order valence-electron chi connectivity index (χ0n) is 9.30. The Kier molecular flexibility index (Phi) is 7.96. The summed E-state index contributed by atoms with van der Waals surface area (Å²) in [7, 11) is 3.55. The second-order valence-electron chi connectivity index (χ2n) is 3.40. The Morgan fingerprint density at radius 3 is 2.71 bits per heavy atom. The molecular weight excluding hydrogens is 196 g/mol. The van der Waals surface area contributed by atoms with Crippen LogP contribution >= 0.6 is 11.8 Å². The largest absolute Gasteiger partial charge is 0.385 e. The lowest BCUT2D eigenvalue weighted by molar-refractivity contribution is 0.200. The molecule has 0 rings (SSSR count). The molecule has 1 atom stereocenters. The number of nitrogens with one attached hydrogen (secondary N) is 1. The zero-order chi connectivity index (χ0) is 10.9. The number of nitriles is 1. The van der Waals surface area contributed by atoms with E-state index in [1.54, 1.807) is 7.11 Å². The molecule has 0 saturated carbocycles. The first-order chi connectivity index (χ1) is 6.68. The SMILES string of the molecule is CNC(C)(C#N)CCSCCCOC. The summed E-state index contributed by atoms with van der Waals surface area (Å²) < 4.78 is 4.95. The maximum atomic E-state index is 8.88. The summed E-state index contributed by atoms with van der Waals surface area (Å²) in [5, 5.41) is 11.9. The highest BCUT2D eigenvalue weighted by Crippen LogP contribution is 2.13. The van der Waals surface area contributed by atoms with Crippen molar-refractivity contribution in [3.8, 4) is 6.07 Å². The number of ether oxygens (including phenoxy) is 1. The Labute approximate surface area is 91.2 Å². The molecule has 0 aliphatic heterocycles. The molecule has 0 aromatic heterocycles. The van der Waals surface area contributed by atoms with E-state index >= 15 is 0 Å². The first kappa shape index (κ1) is 13.8. The predicted molar refractivity (Wildman–Crippen MR) is 61.5 cm³/mol. The Morgan fingerprint density at radius 1 is 1.50 bits per heavy atom. The van der Waals surface area contributed by atoms with Crippen LogP contribution in [0.15, 0.2) is 0 Å². The van der Waals surface area contributed by atoms with Crippen molar-refractivity contribution in [1.82, 2.24) is 5.32 Å². The fourth-order valence-electron chi connectivity index (χ4n) is 0.920. The molecular formula is C10H20N2OS. The standard InChI is InChI=1S/C10H20N2OS/c1-10(9-11,12-2)5-8-14-7-4-6-13-3/h12H,4-8H2,1-3H3. The summed E-state index contributed by atoms with van der Waals surface area (Å²) in [6.07, 6.45) is 1.97. The van der Waals surface area contributed by atoms with Crippen LogP contribution in [-0.2, 0) is 4.74 Å². The van der Waals surface area contributed by atoms with E-state index < -0.39 is 0 Å². The van der Waals surface area contributed by atoms with Crippen LogP contribution < -0.4 is 5.32 Å². The first-order valence-electron chi connectivity index (χ1n) is 4.85. The highest BCUT2D eigenvalue weighted by molar-refractivity contribution is 7.99. The van der Waals surface area contributed by atoms with Gasteiger partial charge in [0.05, 0.1) is 6.07 Å². The zero-order valence-corrected chi connectivity index (χ0v) is 10.1. The lowest BCUT2D eigenvalue weighted by Gasteiger charge is -2.19. The Balaban J connectivity index is 3.40. The highest BCUT2D eigenvalue weighted by Gasteiger charge is 2.19. The van der Waals surface area contributed by atoms with Gasteiger partial charge in [0.15, 0.2) is 0 Å². The van der Waals surface area contributed by atoms with E-state index in [1.165, 1.54) is 0 Å². The van der Waals surface area contributed by atoms with E-state index in [4.69, 9.17) is 10.00 Å². The van der Waals surface area contributed by atoms with Crippen molar-refractivity contribution >= 4 is 11.8 Å². The quantitative estimate of drug-likeness (QED) is 0.627. The van der Waals surface area contributed by atoms with Gasteiger partial charge in [0, 0.05) is 13.7 Å². The van der Waals surface area contributed by atoms with Crippen molar-refractivity contribution in [2.75, 3.05) is 32.3 Å². The predicted octanol–water partition coefficient (Wildman–Crippen LogP) is 1.65. The van der Waals surface area contributed by atoms with Crippen molar-refractivity contribution in [3.05, 3.63) is 0 Å². The molecule has 4 heteroatoms. The van der Waals surface area contributed by atoms with E-state index in [9.17, 15) is 0 Å². The van der Waals surface area contributed by atoms with Crippen molar-refractivity contribution in [3.63, 3.8) is 0 Å². The van der Waals surface area contributed by atoms with E-state index in [2.05, 4.69) is 11.4 Å². The van der Waals surface area contributed by atoms with Crippen LogP contribution in [-0.4, -0.2) is 37.8 Å². The Bertz CT molecular complexity index is 181. The summed E-state index contributed by atoms with van der Waals surface area (Å²) in [5.74, 6) is 2.13. The summed E-state index contributed by atoms with van der Waals surface area (Å²) in [6.45, 7) is 2.76. The normalized spacial score (nSPS) is 14.7. The van der Waals surface area contributed by atoms with Crippen molar-refractivity contribution in [2.45, 2.75) is 25.3 Å². The number of rotatable bonds is 8. The number of nitrogens with zero attached hydrogens (tertiary/aromatic N) is 1. The molecule has 82 valence electrons. The molecule has 0 fully saturated rings. The van der Waals surface area contributed by atoms with Crippen LogP contribution in [0.4, 0.5) is 0 Å². The van der Waals surface area contributed by atoms with Crippen LogP contribution in [0.5, 0.6) is 0 Å². The third-order valence-electron chi connectivity index (χ3n) is 2.18. The minimum atomic E-state index is -0.367. The molecule has 3 nitrogen and oxygen atoms in total. The number of methoxy groups -OCH3 is 1. The van der Waals surface area contributed by atoms with Gasteiger partial charge in [0.25, 0.3) is 0 Å². The monoisotopic (exact) mass is 216 g/mol. The van der Waals surface area contributed by atoms with Gasteiger partial charge in [-0.05, 0) is 38.3 Å². The summed E-state index contributed by atoms with van der Waals surface area (Å²) in [4.78, 5) is 0. The third kappa shape index (κ3) is 6.25. The smallest absolute Gasteiger partial charge is 0.104 e. The average molecular weight is 216 g/mol. The topological polar surface area (TPSA) is 45.0 Å². The van der Waals surface area contributed by atoms with E-state index in [0.29, 0.717) is 0 Å². The molecule has 0 aromatic carbocycles. The maximum absolute atomic E-state index is 8.88. The van der Waals surface area contributed by atoms with Crippen LogP contribution in [0, 0.1) is 11.3 Å². The molecule has 0 aliphatic rings. The lowest BCUT2D eigenvalue weighted by atomic mass is 10.0. The molecule has 0 aliphatic carbocycles. The fourth-order valence-corrected chi connectivity index (χ4v) is 2.00. The lowest BCUT2D eigenvalue weighted by Crippen LogP contribution is -2.38.